The van der Waals surface area contributed by atoms with Gasteiger partial charge in [0.2, 0.25) is 0 Å². The number of hydrogen-bond acceptors (Lipinski definition) is 2. The first kappa shape index (κ1) is 15.0. The molecule has 0 atom stereocenters. The van der Waals surface area contributed by atoms with Gasteiger partial charge in [0.25, 0.3) is 0 Å². The van der Waals surface area contributed by atoms with Crippen LogP contribution in [0.15, 0.2) is 24.3 Å². The van der Waals surface area contributed by atoms with Crippen LogP contribution in [0.25, 0.3) is 0 Å². The first-order valence-corrected chi connectivity index (χ1v) is 7.29. The summed E-state index contributed by atoms with van der Waals surface area (Å²) in [5, 5.41) is 3.41. The molecule has 0 amide bonds. The summed E-state index contributed by atoms with van der Waals surface area (Å²) in [7, 11) is 0. The maximum Gasteiger partial charge on any atom is 0.119 e. The molecule has 1 N–H and O–H groups in total. The van der Waals surface area contributed by atoms with Crippen LogP contribution >= 0.6 is 0 Å². The Morgan fingerprint density at radius 1 is 0.944 bits per heavy atom. The highest BCUT2D eigenvalue weighted by Crippen LogP contribution is 2.11. The summed E-state index contributed by atoms with van der Waals surface area (Å²) in [5.41, 5.74) is 1.36. The van der Waals surface area contributed by atoms with Crippen LogP contribution < -0.4 is 10.1 Å². The molecule has 1 aromatic rings. The molecule has 102 valence electrons. The van der Waals surface area contributed by atoms with Gasteiger partial charge in [-0.15, -0.1) is 0 Å². The number of rotatable bonds is 10. The van der Waals surface area contributed by atoms with E-state index in [9.17, 15) is 0 Å². The van der Waals surface area contributed by atoms with Crippen LogP contribution in [0.4, 0.5) is 0 Å². The van der Waals surface area contributed by atoms with Gasteiger partial charge in [0, 0.05) is 6.54 Å². The molecule has 0 unspecified atom stereocenters. The van der Waals surface area contributed by atoms with Crippen LogP contribution in [-0.4, -0.2) is 19.7 Å². The van der Waals surface area contributed by atoms with Crippen LogP contribution in [0.5, 0.6) is 5.75 Å². The van der Waals surface area contributed by atoms with Gasteiger partial charge in [-0.2, -0.15) is 0 Å². The number of ether oxygens (including phenoxy) is 1. The third-order valence-electron chi connectivity index (χ3n) is 3.09. The molecule has 0 bridgehead atoms. The van der Waals surface area contributed by atoms with Crippen molar-refractivity contribution in [2.45, 2.75) is 46.0 Å². The van der Waals surface area contributed by atoms with Crippen molar-refractivity contribution in [2.75, 3.05) is 19.7 Å². The van der Waals surface area contributed by atoms with Crippen molar-refractivity contribution in [3.8, 4) is 5.75 Å². The van der Waals surface area contributed by atoms with Crippen LogP contribution in [0, 0.1) is 0 Å². The third kappa shape index (κ3) is 6.65. The van der Waals surface area contributed by atoms with Gasteiger partial charge in [-0.05, 0) is 37.1 Å². The highest BCUT2D eigenvalue weighted by molar-refractivity contribution is 5.27. The minimum atomic E-state index is 0.749. The minimum absolute atomic E-state index is 0.749. The van der Waals surface area contributed by atoms with Crippen LogP contribution in [0.2, 0.25) is 0 Å². The van der Waals surface area contributed by atoms with Crippen LogP contribution in [0.1, 0.15) is 45.1 Å². The lowest BCUT2D eigenvalue weighted by molar-refractivity contribution is 0.313. The van der Waals surface area contributed by atoms with Gasteiger partial charge in [0.15, 0.2) is 0 Å². The quantitative estimate of drug-likeness (QED) is 0.637. The van der Waals surface area contributed by atoms with Crippen molar-refractivity contribution < 1.29 is 4.74 Å². The average molecular weight is 249 g/mol. The lowest BCUT2D eigenvalue weighted by Gasteiger charge is -2.08. The Labute approximate surface area is 112 Å². The first-order chi connectivity index (χ1) is 8.86. The molecule has 1 aromatic carbocycles. The molecule has 0 spiro atoms. The van der Waals surface area contributed by atoms with Crippen molar-refractivity contribution in [3.05, 3.63) is 29.8 Å². The topological polar surface area (TPSA) is 21.3 Å². The molecule has 0 radical (unpaired) electrons. The van der Waals surface area contributed by atoms with E-state index in [2.05, 4.69) is 43.4 Å². The Balaban J connectivity index is 2.00. The minimum Gasteiger partial charge on any atom is -0.492 e. The van der Waals surface area contributed by atoms with Gasteiger partial charge >= 0.3 is 0 Å². The zero-order valence-corrected chi connectivity index (χ0v) is 11.9. The Kier molecular flexibility index (Phi) is 8.32. The van der Waals surface area contributed by atoms with E-state index >= 15 is 0 Å². The summed E-state index contributed by atoms with van der Waals surface area (Å²) < 4.78 is 5.67. The monoisotopic (exact) mass is 249 g/mol. The van der Waals surface area contributed by atoms with E-state index in [0.717, 1.165) is 31.9 Å². The van der Waals surface area contributed by atoms with Gasteiger partial charge in [0.1, 0.15) is 12.4 Å². The van der Waals surface area contributed by atoms with Gasteiger partial charge in [-0.3, -0.25) is 0 Å². The Bertz CT molecular complexity index is 294. The van der Waals surface area contributed by atoms with E-state index in [-0.39, 0.29) is 0 Å². The SMILES string of the molecule is CCCCCCNCCOc1ccc(CC)cc1. The van der Waals surface area contributed by atoms with Gasteiger partial charge in [-0.1, -0.05) is 45.2 Å². The molecule has 18 heavy (non-hydrogen) atoms. The maximum absolute atomic E-state index is 5.67. The molecule has 0 aliphatic heterocycles. The van der Waals surface area contributed by atoms with Gasteiger partial charge in [-0.25, -0.2) is 0 Å². The Hall–Kier alpha value is -1.02. The number of aryl methyl sites for hydroxylation is 1. The largest absolute Gasteiger partial charge is 0.492 e. The molecule has 1 rings (SSSR count). The molecule has 0 fully saturated rings. The standard InChI is InChI=1S/C16H27NO/c1-3-5-6-7-12-17-13-14-18-16-10-8-15(4-2)9-11-16/h8-11,17H,3-7,12-14H2,1-2H3. The fourth-order valence-corrected chi connectivity index (χ4v) is 1.86. The van der Waals surface area contributed by atoms with Crippen molar-refractivity contribution >= 4 is 0 Å². The Morgan fingerprint density at radius 2 is 1.72 bits per heavy atom. The fraction of sp³-hybridized carbons (Fsp3) is 0.625. The molecular formula is C16H27NO. The van der Waals surface area contributed by atoms with E-state index in [1.165, 1.54) is 31.2 Å². The van der Waals surface area contributed by atoms with Crippen LogP contribution in [-0.2, 0) is 6.42 Å². The molecule has 0 saturated carbocycles. The second kappa shape index (κ2) is 9.95. The summed E-state index contributed by atoms with van der Waals surface area (Å²) in [6.07, 6.45) is 6.35. The molecule has 0 aromatic heterocycles. The summed E-state index contributed by atoms with van der Waals surface area (Å²) in [6.45, 7) is 7.20. The van der Waals surface area contributed by atoms with Crippen molar-refractivity contribution in [1.82, 2.24) is 5.32 Å². The summed E-state index contributed by atoms with van der Waals surface area (Å²) in [5.74, 6) is 0.972. The average Bonchev–Trinajstić information content (AvgIpc) is 2.42. The van der Waals surface area contributed by atoms with E-state index in [1.54, 1.807) is 0 Å². The molecule has 0 heterocycles. The lowest BCUT2D eigenvalue weighted by atomic mass is 10.2. The summed E-state index contributed by atoms with van der Waals surface area (Å²) >= 11 is 0. The van der Waals surface area contributed by atoms with E-state index in [0.29, 0.717) is 0 Å². The first-order valence-electron chi connectivity index (χ1n) is 7.29. The van der Waals surface area contributed by atoms with Gasteiger partial charge < -0.3 is 10.1 Å². The highest BCUT2D eigenvalue weighted by Gasteiger charge is 1.94. The van der Waals surface area contributed by atoms with Gasteiger partial charge in [0.05, 0.1) is 0 Å². The number of unbranched alkanes of at least 4 members (excludes halogenated alkanes) is 3. The van der Waals surface area contributed by atoms with Crippen LogP contribution in [0.3, 0.4) is 0 Å². The molecule has 0 aliphatic carbocycles. The molecule has 2 heteroatoms. The van der Waals surface area contributed by atoms with E-state index in [4.69, 9.17) is 4.74 Å². The third-order valence-corrected chi connectivity index (χ3v) is 3.09. The van der Waals surface area contributed by atoms with Crippen molar-refractivity contribution in [2.24, 2.45) is 0 Å². The zero-order valence-electron chi connectivity index (χ0n) is 11.9. The highest BCUT2D eigenvalue weighted by atomic mass is 16.5. The Morgan fingerprint density at radius 3 is 2.39 bits per heavy atom. The molecule has 2 nitrogen and oxygen atoms in total. The second-order valence-corrected chi connectivity index (χ2v) is 4.66. The fourth-order valence-electron chi connectivity index (χ4n) is 1.86. The lowest BCUT2D eigenvalue weighted by Crippen LogP contribution is -2.22. The molecule has 0 aliphatic rings. The number of hydrogen-bond donors (Lipinski definition) is 1. The maximum atomic E-state index is 5.67. The number of benzene rings is 1. The smallest absolute Gasteiger partial charge is 0.119 e. The molecular weight excluding hydrogens is 222 g/mol. The van der Waals surface area contributed by atoms with E-state index in [1.807, 2.05) is 0 Å². The zero-order chi connectivity index (χ0) is 13.1. The predicted octanol–water partition coefficient (Wildman–Crippen LogP) is 3.80. The summed E-state index contributed by atoms with van der Waals surface area (Å²) in [4.78, 5) is 0. The van der Waals surface area contributed by atoms with Crippen molar-refractivity contribution in [3.63, 3.8) is 0 Å². The predicted molar refractivity (Wildman–Crippen MR) is 78.3 cm³/mol. The van der Waals surface area contributed by atoms with Crippen molar-refractivity contribution in [1.29, 1.82) is 0 Å². The molecule has 0 saturated heterocycles. The number of nitrogens with one attached hydrogen (secondary N) is 1. The normalized spacial score (nSPS) is 10.6. The second-order valence-electron chi connectivity index (χ2n) is 4.66. The van der Waals surface area contributed by atoms with E-state index < -0.39 is 0 Å². The summed E-state index contributed by atoms with van der Waals surface area (Å²) in [6, 6.07) is 8.38.